The number of halogens is 7. The third kappa shape index (κ3) is 8.89. The zero-order valence-electron chi connectivity index (χ0n) is 32.1. The Bertz CT molecular complexity index is 2200. The lowest BCUT2D eigenvalue weighted by molar-refractivity contribution is -0.164. The van der Waals surface area contributed by atoms with E-state index >= 15 is 9.18 Å². The molecule has 3 atom stereocenters. The van der Waals surface area contributed by atoms with Gasteiger partial charge >= 0.3 is 12.3 Å². The fraction of sp³-hybridized carbons (Fsp3) is 0.447. The van der Waals surface area contributed by atoms with Crippen molar-refractivity contribution in [3.05, 3.63) is 76.6 Å². The van der Waals surface area contributed by atoms with Gasteiger partial charge in [0.1, 0.15) is 23.5 Å². The van der Waals surface area contributed by atoms with E-state index in [0.717, 1.165) is 18.2 Å². The van der Waals surface area contributed by atoms with Crippen molar-refractivity contribution < 1.29 is 49.1 Å². The molecule has 1 unspecified atom stereocenters. The summed E-state index contributed by atoms with van der Waals surface area (Å²) >= 11 is 6.42. The van der Waals surface area contributed by atoms with Gasteiger partial charge in [0.15, 0.2) is 21.6 Å². The Morgan fingerprint density at radius 1 is 1.19 bits per heavy atom. The lowest BCUT2D eigenvalue weighted by atomic mass is 9.69. The minimum atomic E-state index is -4.78. The number of amides is 2. The molecule has 314 valence electrons. The van der Waals surface area contributed by atoms with Crippen LogP contribution in [0.1, 0.15) is 63.6 Å². The van der Waals surface area contributed by atoms with Gasteiger partial charge in [0.2, 0.25) is 0 Å². The number of benzene rings is 2. The second-order valence-electron chi connectivity index (χ2n) is 15.5. The molecule has 2 aromatic rings. The van der Waals surface area contributed by atoms with E-state index in [2.05, 4.69) is 22.1 Å². The van der Waals surface area contributed by atoms with Gasteiger partial charge in [-0.3, -0.25) is 20.1 Å². The highest BCUT2D eigenvalue weighted by atomic mass is 35.5. The highest BCUT2D eigenvalue weighted by molar-refractivity contribution is 7.90. The van der Waals surface area contributed by atoms with Crippen molar-refractivity contribution in [1.29, 1.82) is 5.41 Å². The van der Waals surface area contributed by atoms with Crippen molar-refractivity contribution in [2.75, 3.05) is 24.9 Å². The number of aliphatic imine (C=N–C) groups is 1. The van der Waals surface area contributed by atoms with Gasteiger partial charge in [0.25, 0.3) is 12.3 Å². The summed E-state index contributed by atoms with van der Waals surface area (Å²) in [5.41, 5.74) is -4.72. The lowest BCUT2D eigenvalue weighted by Gasteiger charge is -2.40. The minimum Gasteiger partial charge on any atom is -0.447 e. The minimum absolute atomic E-state index is 0.00576. The summed E-state index contributed by atoms with van der Waals surface area (Å²) in [7, 11) is -2.54. The van der Waals surface area contributed by atoms with Crippen molar-refractivity contribution in [2.45, 2.75) is 81.1 Å². The van der Waals surface area contributed by atoms with Crippen LogP contribution >= 0.6 is 11.6 Å². The quantitative estimate of drug-likeness (QED) is 0.0851. The molecule has 12 nitrogen and oxygen atoms in total. The van der Waals surface area contributed by atoms with E-state index < -0.39 is 87.1 Å². The number of carbonyl (C=O) groups excluding carboxylic acids is 2. The van der Waals surface area contributed by atoms with Gasteiger partial charge in [-0.2, -0.15) is 18.3 Å². The number of alkyl carbamates (subject to hydrolysis) is 1. The Hall–Kier alpha value is -4.91. The molecule has 3 N–H and O–H groups in total. The first-order valence-corrected chi connectivity index (χ1v) is 20.1. The van der Waals surface area contributed by atoms with E-state index in [1.54, 1.807) is 0 Å². The van der Waals surface area contributed by atoms with E-state index in [4.69, 9.17) is 21.7 Å². The molecule has 2 amide bonds. The number of alkyl halides is 5. The highest BCUT2D eigenvalue weighted by Gasteiger charge is 2.65. The van der Waals surface area contributed by atoms with Crippen LogP contribution in [0.2, 0.25) is 5.02 Å². The van der Waals surface area contributed by atoms with Gasteiger partial charge in [0, 0.05) is 31.5 Å². The lowest BCUT2D eigenvalue weighted by Crippen LogP contribution is -2.55. The van der Waals surface area contributed by atoms with Crippen LogP contribution in [0, 0.1) is 16.7 Å². The van der Waals surface area contributed by atoms with Crippen molar-refractivity contribution in [3.63, 3.8) is 0 Å². The molecule has 0 radical (unpaired) electrons. The normalized spacial score (nSPS) is 21.6. The standard InChI is InChI=1S/C38H42ClF6N7O5S/c1-35(2,3)20-37(23-11-12-25(27(40)18-23)21-8-7-9-24(16-21)58(6,55)56)32(53)51(33(46)49-37)29(19-57-34(54)50-36(14-15-36)38(43,44)45)22-10-13-26(39)28(17-22)52(48-5)31(47-4)30(41)42/h7-10,12-13,16-18,23,29-30H,5,11,14-15,19-20H2,1-4,6H3,(H2,46,49)(H,50,54)/b47-31-/t23?,29-,37-/m1/s1. The molecule has 2 aliphatic carbocycles. The Morgan fingerprint density at radius 2 is 1.86 bits per heavy atom. The number of hydrazone groups is 1. The van der Waals surface area contributed by atoms with Gasteiger partial charge in [-0.25, -0.2) is 31.4 Å². The third-order valence-electron chi connectivity index (χ3n) is 10.1. The molecule has 1 saturated carbocycles. The number of sulfone groups is 1. The maximum absolute atomic E-state index is 16.2. The monoisotopic (exact) mass is 857 g/mol. The van der Waals surface area contributed by atoms with E-state index in [9.17, 15) is 35.2 Å². The fourth-order valence-corrected chi connectivity index (χ4v) is 8.08. The smallest absolute Gasteiger partial charge is 0.411 e. The number of hydrogen-bond acceptors (Lipinski definition) is 8. The molecule has 20 heteroatoms. The molecule has 1 aliphatic heterocycles. The molecule has 0 spiro atoms. The predicted molar refractivity (Wildman–Crippen MR) is 207 cm³/mol. The summed E-state index contributed by atoms with van der Waals surface area (Å²) in [6.45, 7) is 7.93. The summed E-state index contributed by atoms with van der Waals surface area (Å²) in [5.74, 6) is -3.93. The Balaban J connectivity index is 1.58. The van der Waals surface area contributed by atoms with Crippen molar-refractivity contribution >= 4 is 63.2 Å². The van der Waals surface area contributed by atoms with Crippen LogP contribution in [0.15, 0.2) is 75.4 Å². The topological polar surface area (TPSA) is 157 Å². The van der Waals surface area contributed by atoms with E-state index in [1.165, 1.54) is 54.6 Å². The molecule has 1 heterocycles. The van der Waals surface area contributed by atoms with Crippen LogP contribution in [0.4, 0.5) is 36.8 Å². The average molecular weight is 858 g/mol. The maximum Gasteiger partial charge on any atom is 0.411 e. The third-order valence-corrected chi connectivity index (χ3v) is 11.5. The molecule has 58 heavy (non-hydrogen) atoms. The van der Waals surface area contributed by atoms with Crippen LogP contribution in [0.5, 0.6) is 0 Å². The number of nitrogens with one attached hydrogen (secondary N) is 3. The molecule has 3 aliphatic rings. The first kappa shape index (κ1) is 44.2. The number of ether oxygens (including phenoxy) is 1. The molecule has 1 saturated heterocycles. The van der Waals surface area contributed by atoms with Gasteiger partial charge in [-0.15, -0.1) is 0 Å². The van der Waals surface area contributed by atoms with Gasteiger partial charge in [-0.1, -0.05) is 56.6 Å². The Kier molecular flexibility index (Phi) is 12.2. The summed E-state index contributed by atoms with van der Waals surface area (Å²) in [4.78, 5) is 32.4. The summed E-state index contributed by atoms with van der Waals surface area (Å²) in [6, 6.07) is 8.02. The number of allylic oxidation sites excluding steroid dienone is 3. The zero-order valence-corrected chi connectivity index (χ0v) is 33.6. The first-order chi connectivity index (χ1) is 26.9. The number of anilines is 1. The highest BCUT2D eigenvalue weighted by Crippen LogP contribution is 2.49. The number of amidine groups is 1. The molecule has 0 bridgehead atoms. The Labute approximate surface area is 336 Å². The molecule has 2 aromatic carbocycles. The molecular weight excluding hydrogens is 816 g/mol. The van der Waals surface area contributed by atoms with Crippen LogP contribution < -0.4 is 15.6 Å². The first-order valence-electron chi connectivity index (χ1n) is 17.8. The molecular formula is C38H42ClF6N7O5S. The summed E-state index contributed by atoms with van der Waals surface area (Å²) in [5, 5.41) is 18.1. The van der Waals surface area contributed by atoms with Crippen molar-refractivity contribution in [1.82, 2.24) is 15.5 Å². The van der Waals surface area contributed by atoms with Gasteiger partial charge in [0.05, 0.1) is 21.6 Å². The second-order valence-corrected chi connectivity index (χ2v) is 17.9. The zero-order chi connectivity index (χ0) is 43.2. The Morgan fingerprint density at radius 3 is 2.40 bits per heavy atom. The number of hydrogen-bond donors (Lipinski definition) is 3. The number of carbonyl (C=O) groups is 2. The fourth-order valence-electron chi connectivity index (χ4n) is 7.21. The van der Waals surface area contributed by atoms with Crippen molar-refractivity contribution in [2.24, 2.45) is 21.4 Å². The predicted octanol–water partition coefficient (Wildman–Crippen LogP) is 7.82. The molecule has 2 fully saturated rings. The largest absolute Gasteiger partial charge is 0.447 e. The number of rotatable bonds is 12. The second kappa shape index (κ2) is 16.0. The van der Waals surface area contributed by atoms with Crippen LogP contribution in [0.25, 0.3) is 5.57 Å². The van der Waals surface area contributed by atoms with E-state index in [0.29, 0.717) is 5.01 Å². The van der Waals surface area contributed by atoms with Crippen LogP contribution in [-0.4, -0.2) is 87.4 Å². The summed E-state index contributed by atoms with van der Waals surface area (Å²) < 4.78 is 115. The molecule has 0 aromatic heterocycles. The number of guanidine groups is 1. The van der Waals surface area contributed by atoms with Gasteiger partial charge in [-0.05, 0) is 72.6 Å². The van der Waals surface area contributed by atoms with E-state index in [-0.39, 0.29) is 58.0 Å². The number of nitrogens with zero attached hydrogens (tertiary/aromatic N) is 4. The summed E-state index contributed by atoms with van der Waals surface area (Å²) in [6.07, 6.45) is -6.38. The SMILES string of the molecule is C=NN(/C(=N\C)C(F)F)c1cc([C@@H](COC(=O)NC2(C(F)(F)F)CC2)N2C(=N)N[C@](CC(C)(C)C)(C3C=C(F)C(c4cccc(S(C)(=O)=O)c4)=CC3)C2=O)ccc1Cl. The van der Waals surface area contributed by atoms with Gasteiger partial charge < -0.3 is 15.4 Å². The maximum atomic E-state index is 16.2. The van der Waals surface area contributed by atoms with Crippen molar-refractivity contribution in [3.8, 4) is 0 Å². The average Bonchev–Trinajstić information content (AvgIpc) is 3.87. The van der Waals surface area contributed by atoms with E-state index in [1.807, 2.05) is 26.1 Å². The molecule has 5 rings (SSSR count). The van der Waals surface area contributed by atoms with Crippen LogP contribution in [-0.2, 0) is 19.4 Å². The van der Waals surface area contributed by atoms with Crippen LogP contribution in [0.3, 0.4) is 0 Å².